The fraction of sp³-hybridized carbons (Fsp3) is 1.00. The van der Waals surface area contributed by atoms with E-state index in [9.17, 15) is 0 Å². The molecule has 3 aliphatic carbocycles. The van der Waals surface area contributed by atoms with Crippen LogP contribution in [0.25, 0.3) is 0 Å². The summed E-state index contributed by atoms with van der Waals surface area (Å²) in [6, 6.07) is 0. The molecular weight excluding hydrogens is 511 g/mol. The lowest BCUT2D eigenvalue weighted by Crippen LogP contribution is -2.67. The van der Waals surface area contributed by atoms with E-state index < -0.39 is 4.33 Å². The first-order valence-electron chi connectivity index (χ1n) is 17.1. The Morgan fingerprint density at radius 3 is 1.13 bits per heavy atom. The van der Waals surface area contributed by atoms with Crippen molar-refractivity contribution < 1.29 is 9.47 Å². The molecule has 224 valence electrons. The van der Waals surface area contributed by atoms with Gasteiger partial charge in [0.2, 0.25) is 0 Å². The van der Waals surface area contributed by atoms with Crippen LogP contribution in [0.2, 0.25) is 0 Å². The van der Waals surface area contributed by atoms with Gasteiger partial charge in [-0.1, -0.05) is 104 Å². The molecule has 0 aliphatic heterocycles. The van der Waals surface area contributed by atoms with E-state index in [1.807, 2.05) is 0 Å². The zero-order valence-electron chi connectivity index (χ0n) is 25.3. The molecule has 0 unspecified atom stereocenters. The van der Waals surface area contributed by atoms with E-state index in [-0.39, 0.29) is 10.8 Å². The molecule has 0 N–H and O–H groups in total. The van der Waals surface area contributed by atoms with Crippen molar-refractivity contribution in [3.05, 3.63) is 0 Å². The van der Waals surface area contributed by atoms with Gasteiger partial charge in [0.15, 0.2) is 0 Å². The maximum atomic E-state index is 7.27. The van der Waals surface area contributed by atoms with Crippen LogP contribution in [0.5, 0.6) is 0 Å². The number of halogens is 2. The quantitative estimate of drug-likeness (QED) is 0.107. The van der Waals surface area contributed by atoms with Crippen LogP contribution in [0.4, 0.5) is 0 Å². The summed E-state index contributed by atoms with van der Waals surface area (Å²) in [7, 11) is 0. The first-order valence-corrected chi connectivity index (χ1v) is 17.9. The summed E-state index contributed by atoms with van der Waals surface area (Å²) in [5.74, 6) is 0. The molecule has 2 nitrogen and oxygen atoms in total. The van der Waals surface area contributed by atoms with Crippen molar-refractivity contribution in [1.29, 1.82) is 0 Å². The second kappa shape index (κ2) is 17.5. The second-order valence-electron chi connectivity index (χ2n) is 13.4. The summed E-state index contributed by atoms with van der Waals surface area (Å²) in [4.78, 5) is 0. The minimum atomic E-state index is -0.564. The van der Waals surface area contributed by atoms with E-state index in [1.165, 1.54) is 109 Å². The minimum absolute atomic E-state index is 0.124. The predicted octanol–water partition coefficient (Wildman–Crippen LogP) is 11.7. The number of ether oxygens (including phenoxy) is 2. The van der Waals surface area contributed by atoms with Crippen molar-refractivity contribution in [3.8, 4) is 0 Å². The molecule has 4 heteroatoms. The van der Waals surface area contributed by atoms with Crippen LogP contribution < -0.4 is 0 Å². The summed E-state index contributed by atoms with van der Waals surface area (Å²) in [6.07, 6.45) is 32.9. The molecule has 0 bridgehead atoms. The fourth-order valence-corrected chi connectivity index (χ4v) is 8.92. The summed E-state index contributed by atoms with van der Waals surface area (Å²) >= 11 is 14.5. The molecule has 0 radical (unpaired) electrons. The summed E-state index contributed by atoms with van der Waals surface area (Å²) in [5, 5.41) is 0. The molecule has 38 heavy (non-hydrogen) atoms. The Kier molecular flexibility index (Phi) is 15.2. The summed E-state index contributed by atoms with van der Waals surface area (Å²) in [6.45, 7) is 6.44. The van der Waals surface area contributed by atoms with Gasteiger partial charge in [0.05, 0.1) is 12.2 Å². The lowest BCUT2D eigenvalue weighted by atomic mass is 9.44. The van der Waals surface area contributed by atoms with Crippen molar-refractivity contribution in [1.82, 2.24) is 0 Å². The largest absolute Gasteiger partial charge is 0.378 e. The Morgan fingerprint density at radius 1 is 0.500 bits per heavy atom. The van der Waals surface area contributed by atoms with E-state index in [0.717, 1.165) is 64.6 Å². The number of hydrogen-bond donors (Lipinski definition) is 0. The minimum Gasteiger partial charge on any atom is -0.378 e. The standard InChI is InChI=1S/C34H62Cl2O2/c1-3-5-7-9-11-13-15-17-27-37-30-19-23-32(24-20-30)29-33(34(32,35)36)25-21-31(22-26-33)38-28-18-16-14-12-10-8-6-4-2/h30-31H,3-29H2,1-2H3. The summed E-state index contributed by atoms with van der Waals surface area (Å²) in [5.41, 5.74) is 0.249. The third-order valence-corrected chi connectivity index (χ3v) is 12.1. The summed E-state index contributed by atoms with van der Waals surface area (Å²) < 4.78 is 12.0. The first-order chi connectivity index (χ1) is 18.5. The van der Waals surface area contributed by atoms with Gasteiger partial charge in [0.25, 0.3) is 0 Å². The van der Waals surface area contributed by atoms with Crippen LogP contribution in [-0.2, 0) is 9.47 Å². The van der Waals surface area contributed by atoms with Crippen LogP contribution in [0.15, 0.2) is 0 Å². The highest BCUT2D eigenvalue weighted by molar-refractivity contribution is 6.50. The van der Waals surface area contributed by atoms with Crippen molar-refractivity contribution in [3.63, 3.8) is 0 Å². The maximum Gasteiger partial charge on any atom is 0.129 e. The van der Waals surface area contributed by atoms with Gasteiger partial charge in [-0.25, -0.2) is 0 Å². The van der Waals surface area contributed by atoms with E-state index in [4.69, 9.17) is 32.7 Å². The molecule has 0 amide bonds. The topological polar surface area (TPSA) is 18.5 Å². The average Bonchev–Trinajstić information content (AvgIpc) is 2.93. The number of hydrogen-bond acceptors (Lipinski definition) is 2. The average molecular weight is 574 g/mol. The van der Waals surface area contributed by atoms with Gasteiger partial charge in [-0.15, -0.1) is 23.2 Å². The lowest BCUT2D eigenvalue weighted by Gasteiger charge is -2.69. The molecule has 3 rings (SSSR count). The lowest BCUT2D eigenvalue weighted by molar-refractivity contribution is -0.139. The zero-order chi connectivity index (χ0) is 27.2. The molecular formula is C34H62Cl2O2. The highest BCUT2D eigenvalue weighted by Crippen LogP contribution is 2.76. The SMILES string of the molecule is CCCCCCCCCCOC1CCC2(CC1)CC1(CCC(OCCCCCCCCCC)CC1)C2(Cl)Cl. The maximum absolute atomic E-state index is 7.27. The van der Waals surface area contributed by atoms with Gasteiger partial charge >= 0.3 is 0 Å². The Balaban J connectivity index is 1.23. The highest BCUT2D eigenvalue weighted by Gasteiger charge is 2.72. The third kappa shape index (κ3) is 9.25. The smallest absolute Gasteiger partial charge is 0.129 e. The Bertz CT molecular complexity index is 556. The molecule has 3 aliphatic rings. The number of alkyl halides is 2. The van der Waals surface area contributed by atoms with E-state index >= 15 is 0 Å². The Hall–Kier alpha value is 0.500. The van der Waals surface area contributed by atoms with Crippen LogP contribution in [0, 0.1) is 10.8 Å². The zero-order valence-corrected chi connectivity index (χ0v) is 26.8. The predicted molar refractivity (Wildman–Crippen MR) is 166 cm³/mol. The van der Waals surface area contributed by atoms with Crippen LogP contribution in [0.3, 0.4) is 0 Å². The molecule has 0 atom stereocenters. The first kappa shape index (κ1) is 33.0. The van der Waals surface area contributed by atoms with E-state index in [2.05, 4.69) is 13.8 Å². The molecule has 0 heterocycles. The van der Waals surface area contributed by atoms with Gasteiger partial charge < -0.3 is 9.47 Å². The molecule has 0 aromatic carbocycles. The molecule has 3 saturated carbocycles. The fourth-order valence-electron chi connectivity index (χ4n) is 7.90. The molecule has 0 saturated heterocycles. The van der Waals surface area contributed by atoms with Gasteiger partial charge in [-0.3, -0.25) is 0 Å². The Labute approximate surface area is 247 Å². The van der Waals surface area contributed by atoms with Crippen molar-refractivity contribution in [2.45, 2.75) is 191 Å². The van der Waals surface area contributed by atoms with E-state index in [0.29, 0.717) is 12.2 Å². The third-order valence-electron chi connectivity index (χ3n) is 10.5. The monoisotopic (exact) mass is 572 g/mol. The van der Waals surface area contributed by atoms with Crippen LogP contribution in [-0.4, -0.2) is 29.8 Å². The number of unbranched alkanes of at least 4 members (excludes halogenated alkanes) is 14. The normalized spacial score (nSPS) is 30.6. The van der Waals surface area contributed by atoms with Crippen molar-refractivity contribution in [2.24, 2.45) is 10.8 Å². The van der Waals surface area contributed by atoms with Crippen LogP contribution in [0.1, 0.15) is 174 Å². The van der Waals surface area contributed by atoms with Crippen molar-refractivity contribution >= 4 is 23.2 Å². The molecule has 0 aromatic heterocycles. The van der Waals surface area contributed by atoms with Gasteiger partial charge in [0, 0.05) is 24.0 Å². The van der Waals surface area contributed by atoms with E-state index in [1.54, 1.807) is 0 Å². The van der Waals surface area contributed by atoms with Crippen LogP contribution >= 0.6 is 23.2 Å². The molecule has 0 aromatic rings. The Morgan fingerprint density at radius 2 is 0.816 bits per heavy atom. The highest BCUT2D eigenvalue weighted by atomic mass is 35.5. The second-order valence-corrected chi connectivity index (χ2v) is 14.7. The van der Waals surface area contributed by atoms with Gasteiger partial charge in [-0.05, 0) is 70.6 Å². The molecule has 3 fully saturated rings. The van der Waals surface area contributed by atoms with Gasteiger partial charge in [0.1, 0.15) is 4.33 Å². The van der Waals surface area contributed by atoms with Gasteiger partial charge in [-0.2, -0.15) is 0 Å². The molecule has 2 spiro atoms. The number of rotatable bonds is 20. The van der Waals surface area contributed by atoms with Crippen molar-refractivity contribution in [2.75, 3.05) is 13.2 Å².